The van der Waals surface area contributed by atoms with Gasteiger partial charge in [0.05, 0.1) is 5.41 Å². The zero-order valence-corrected chi connectivity index (χ0v) is 14.0. The SMILES string of the molecule is C=C1C2=C(CCC3(C)C(=O)CCC23)C2(C)COC(=O)c3coc1c32. The molecule has 1 aromatic rings. The molecule has 0 N–H and O–H groups in total. The van der Waals surface area contributed by atoms with Crippen LogP contribution in [-0.2, 0) is 14.9 Å². The highest BCUT2D eigenvalue weighted by atomic mass is 16.5. The maximum atomic E-state index is 12.5. The number of allylic oxidation sites excluding steroid dienone is 2. The molecule has 1 saturated carbocycles. The van der Waals surface area contributed by atoms with Crippen molar-refractivity contribution in [1.29, 1.82) is 0 Å². The van der Waals surface area contributed by atoms with Gasteiger partial charge in [-0.05, 0) is 37.7 Å². The third-order valence-corrected chi connectivity index (χ3v) is 6.95. The quantitative estimate of drug-likeness (QED) is 0.681. The fourth-order valence-electron chi connectivity index (χ4n) is 5.54. The predicted molar refractivity (Wildman–Crippen MR) is 87.5 cm³/mol. The first-order valence-electron chi connectivity index (χ1n) is 8.63. The number of furan rings is 1. The number of hydrogen-bond donors (Lipinski definition) is 0. The monoisotopic (exact) mass is 324 g/mol. The zero-order chi connectivity index (χ0) is 16.9. The number of carbonyl (C=O) groups is 2. The lowest BCUT2D eigenvalue weighted by Gasteiger charge is -2.48. The Morgan fingerprint density at radius 1 is 1.25 bits per heavy atom. The maximum absolute atomic E-state index is 12.5. The van der Waals surface area contributed by atoms with E-state index < -0.39 is 0 Å². The van der Waals surface area contributed by atoms with E-state index in [9.17, 15) is 9.59 Å². The van der Waals surface area contributed by atoms with Gasteiger partial charge in [0.1, 0.15) is 30.0 Å². The first-order chi connectivity index (χ1) is 11.4. The molecule has 1 fully saturated rings. The normalized spacial score (nSPS) is 37.1. The van der Waals surface area contributed by atoms with Gasteiger partial charge in [0.2, 0.25) is 0 Å². The largest absolute Gasteiger partial charge is 0.463 e. The summed E-state index contributed by atoms with van der Waals surface area (Å²) in [5, 5.41) is 0. The minimum Gasteiger partial charge on any atom is -0.463 e. The summed E-state index contributed by atoms with van der Waals surface area (Å²) in [5.41, 5.74) is 4.20. The van der Waals surface area contributed by atoms with Gasteiger partial charge in [0, 0.05) is 23.0 Å². The summed E-state index contributed by atoms with van der Waals surface area (Å²) in [6.45, 7) is 8.89. The van der Waals surface area contributed by atoms with Crippen LogP contribution in [-0.4, -0.2) is 18.4 Å². The molecule has 3 atom stereocenters. The van der Waals surface area contributed by atoms with Crippen molar-refractivity contribution in [3.05, 3.63) is 40.9 Å². The van der Waals surface area contributed by atoms with Crippen LogP contribution in [0, 0.1) is 11.3 Å². The van der Waals surface area contributed by atoms with Gasteiger partial charge in [-0.25, -0.2) is 4.79 Å². The van der Waals surface area contributed by atoms with Gasteiger partial charge in [0.25, 0.3) is 0 Å². The van der Waals surface area contributed by atoms with Crippen LogP contribution in [0.5, 0.6) is 0 Å². The van der Waals surface area contributed by atoms with E-state index in [-0.39, 0.29) is 22.7 Å². The molecule has 0 spiro atoms. The molecule has 0 saturated heterocycles. The van der Waals surface area contributed by atoms with Crippen molar-refractivity contribution >= 4 is 17.3 Å². The summed E-state index contributed by atoms with van der Waals surface area (Å²) < 4.78 is 11.2. The molecule has 24 heavy (non-hydrogen) atoms. The molecular formula is C20H20O4. The summed E-state index contributed by atoms with van der Waals surface area (Å²) in [6.07, 6.45) is 4.76. The van der Waals surface area contributed by atoms with Crippen molar-refractivity contribution in [2.24, 2.45) is 11.3 Å². The summed E-state index contributed by atoms with van der Waals surface area (Å²) in [5.74, 6) is 0.980. The summed E-state index contributed by atoms with van der Waals surface area (Å²) in [6, 6.07) is 0. The number of carbonyl (C=O) groups excluding carboxylic acids is 2. The number of Topliss-reactive ketones (excluding diaryl/α,β-unsaturated/α-hetero) is 1. The number of esters is 1. The molecule has 0 bridgehead atoms. The number of fused-ring (bicyclic) bond motifs is 3. The van der Waals surface area contributed by atoms with Gasteiger partial charge in [-0.15, -0.1) is 0 Å². The van der Waals surface area contributed by atoms with Crippen molar-refractivity contribution in [2.45, 2.75) is 44.9 Å². The second-order valence-electron chi connectivity index (χ2n) is 8.06. The molecule has 1 aromatic heterocycles. The van der Waals surface area contributed by atoms with Crippen molar-refractivity contribution < 1.29 is 18.7 Å². The van der Waals surface area contributed by atoms with Crippen molar-refractivity contribution in [2.75, 3.05) is 6.61 Å². The smallest absolute Gasteiger partial charge is 0.341 e. The molecule has 3 unspecified atom stereocenters. The Balaban J connectivity index is 1.78. The van der Waals surface area contributed by atoms with E-state index in [1.165, 1.54) is 17.4 Å². The van der Waals surface area contributed by atoms with E-state index >= 15 is 0 Å². The first-order valence-corrected chi connectivity index (χ1v) is 8.63. The highest BCUT2D eigenvalue weighted by Crippen LogP contribution is 2.61. The van der Waals surface area contributed by atoms with Crippen LogP contribution in [0.25, 0.3) is 5.57 Å². The van der Waals surface area contributed by atoms with Crippen molar-refractivity contribution in [3.63, 3.8) is 0 Å². The maximum Gasteiger partial charge on any atom is 0.341 e. The highest BCUT2D eigenvalue weighted by molar-refractivity contribution is 5.98. The molecule has 0 radical (unpaired) electrons. The summed E-state index contributed by atoms with van der Waals surface area (Å²) in [7, 11) is 0. The Morgan fingerprint density at radius 2 is 2.04 bits per heavy atom. The van der Waals surface area contributed by atoms with Crippen LogP contribution >= 0.6 is 0 Å². The number of cyclic esters (lactones) is 1. The molecule has 124 valence electrons. The minimum atomic E-state index is -0.352. The second-order valence-corrected chi connectivity index (χ2v) is 8.06. The Kier molecular flexibility index (Phi) is 2.44. The van der Waals surface area contributed by atoms with Crippen LogP contribution in [0.2, 0.25) is 0 Å². The number of ketones is 1. The van der Waals surface area contributed by atoms with Gasteiger partial charge < -0.3 is 9.15 Å². The van der Waals surface area contributed by atoms with E-state index in [1.54, 1.807) is 0 Å². The van der Waals surface area contributed by atoms with Gasteiger partial charge in [-0.2, -0.15) is 0 Å². The molecule has 5 rings (SSSR count). The molecule has 3 aliphatic carbocycles. The summed E-state index contributed by atoms with van der Waals surface area (Å²) in [4.78, 5) is 24.6. The molecule has 1 aliphatic heterocycles. The summed E-state index contributed by atoms with van der Waals surface area (Å²) >= 11 is 0. The third-order valence-electron chi connectivity index (χ3n) is 6.95. The molecule has 0 amide bonds. The van der Waals surface area contributed by atoms with Crippen LogP contribution in [0.15, 0.2) is 28.4 Å². The first kappa shape index (κ1) is 14.3. The van der Waals surface area contributed by atoms with Crippen molar-refractivity contribution in [3.8, 4) is 0 Å². The Morgan fingerprint density at radius 3 is 2.83 bits per heavy atom. The Bertz CT molecular complexity index is 870. The third kappa shape index (κ3) is 1.38. The standard InChI is InChI=1S/C20H20O4/c1-10-15-12-4-5-14(21)19(12,2)7-6-13(15)20(3)9-24-18(22)11-8-23-17(10)16(11)20/h8,12H,1,4-7,9H2,2-3H3. The topological polar surface area (TPSA) is 56.5 Å². The van der Waals surface area contributed by atoms with Gasteiger partial charge in [-0.3, -0.25) is 4.79 Å². The van der Waals surface area contributed by atoms with E-state index in [1.807, 2.05) is 0 Å². The van der Waals surface area contributed by atoms with Crippen LogP contribution < -0.4 is 0 Å². The van der Waals surface area contributed by atoms with E-state index in [2.05, 4.69) is 20.4 Å². The molecule has 0 aromatic carbocycles. The zero-order valence-electron chi connectivity index (χ0n) is 14.0. The average Bonchev–Trinajstić information content (AvgIpc) is 3.13. The number of ether oxygens (including phenoxy) is 1. The van der Waals surface area contributed by atoms with Crippen LogP contribution in [0.1, 0.15) is 61.2 Å². The van der Waals surface area contributed by atoms with Crippen LogP contribution in [0.4, 0.5) is 0 Å². The number of hydrogen-bond acceptors (Lipinski definition) is 4. The molecule has 4 nitrogen and oxygen atoms in total. The van der Waals surface area contributed by atoms with Gasteiger partial charge in [-0.1, -0.05) is 19.1 Å². The highest BCUT2D eigenvalue weighted by Gasteiger charge is 2.57. The van der Waals surface area contributed by atoms with E-state index in [0.717, 1.165) is 30.4 Å². The van der Waals surface area contributed by atoms with Gasteiger partial charge in [0.15, 0.2) is 0 Å². The minimum absolute atomic E-state index is 0.206. The molecule has 2 heterocycles. The van der Waals surface area contributed by atoms with E-state index in [4.69, 9.17) is 9.15 Å². The second kappa shape index (κ2) is 4.11. The van der Waals surface area contributed by atoms with E-state index in [0.29, 0.717) is 30.1 Å². The van der Waals surface area contributed by atoms with Crippen LogP contribution in [0.3, 0.4) is 0 Å². The number of rotatable bonds is 0. The fraction of sp³-hybridized carbons (Fsp3) is 0.500. The van der Waals surface area contributed by atoms with Gasteiger partial charge >= 0.3 is 5.97 Å². The Labute approximate surface area is 140 Å². The Hall–Kier alpha value is -2.10. The lowest BCUT2D eigenvalue weighted by atomic mass is 9.56. The molecule has 4 aliphatic rings. The molecular weight excluding hydrogens is 304 g/mol. The lowest BCUT2D eigenvalue weighted by Crippen LogP contribution is -2.45. The molecule has 4 heteroatoms. The lowest BCUT2D eigenvalue weighted by molar-refractivity contribution is -0.126. The van der Waals surface area contributed by atoms with Crippen molar-refractivity contribution in [1.82, 2.24) is 0 Å². The predicted octanol–water partition coefficient (Wildman–Crippen LogP) is 3.81. The fourth-order valence-corrected chi connectivity index (χ4v) is 5.54. The average molecular weight is 324 g/mol.